The number of morpholine rings is 1. The van der Waals surface area contributed by atoms with Crippen molar-refractivity contribution in [3.05, 3.63) is 27.1 Å². The highest BCUT2D eigenvalue weighted by Crippen LogP contribution is 2.24. The van der Waals surface area contributed by atoms with Gasteiger partial charge in [0.05, 0.1) is 18.1 Å². The molecule has 0 atom stereocenters. The van der Waals surface area contributed by atoms with Gasteiger partial charge < -0.3 is 9.64 Å². The smallest absolute Gasteiger partial charge is 0.324 e. The fraction of sp³-hybridized carbons (Fsp3) is 0.400. The molecule has 7 nitrogen and oxygen atoms in total. The molecule has 9 heteroatoms. The maximum Gasteiger partial charge on any atom is 0.324 e. The van der Waals surface area contributed by atoms with Crippen LogP contribution < -0.4 is 0 Å². The highest BCUT2D eigenvalue weighted by Gasteiger charge is 2.18. The number of hydrogen-bond donors (Lipinski definition) is 0. The van der Waals surface area contributed by atoms with E-state index in [2.05, 4.69) is 4.99 Å². The Morgan fingerprint density at radius 2 is 2.16 bits per heavy atom. The summed E-state index contributed by atoms with van der Waals surface area (Å²) in [6.07, 6.45) is 0. The fourth-order valence-corrected chi connectivity index (χ4v) is 2.45. The molecule has 1 amide bonds. The minimum atomic E-state index is -0.574. The number of nitrogens with zero attached hydrogens (tertiary/aromatic N) is 3. The van der Waals surface area contributed by atoms with E-state index in [0.29, 0.717) is 26.3 Å². The lowest BCUT2D eigenvalue weighted by atomic mass is 10.4. The van der Waals surface area contributed by atoms with E-state index in [9.17, 15) is 14.9 Å². The van der Waals surface area contributed by atoms with E-state index < -0.39 is 10.8 Å². The van der Waals surface area contributed by atoms with Gasteiger partial charge in [-0.15, -0.1) is 0 Å². The lowest BCUT2D eigenvalue weighted by molar-refractivity contribution is -0.380. The number of carbonyl (C=O) groups excluding carboxylic acids is 1. The minimum absolute atomic E-state index is 0.0874. The SMILES string of the molecule is O=C(N=C(Cl)N1CCOCC1)c1ccc([N+](=O)[O-])s1. The first kappa shape index (κ1) is 13.9. The second kappa shape index (κ2) is 6.09. The number of halogens is 1. The number of amides is 1. The molecule has 1 aliphatic rings. The zero-order valence-corrected chi connectivity index (χ0v) is 11.3. The number of hydrogen-bond acceptors (Lipinski definition) is 5. The van der Waals surface area contributed by atoms with E-state index in [1.54, 1.807) is 4.90 Å². The van der Waals surface area contributed by atoms with Gasteiger partial charge in [0.2, 0.25) is 5.29 Å². The Hall–Kier alpha value is -1.51. The van der Waals surface area contributed by atoms with E-state index >= 15 is 0 Å². The molecule has 0 saturated carbocycles. The number of nitro groups is 1. The van der Waals surface area contributed by atoms with E-state index in [1.165, 1.54) is 12.1 Å². The second-order valence-electron chi connectivity index (χ2n) is 3.68. The maximum absolute atomic E-state index is 11.8. The van der Waals surface area contributed by atoms with Crippen LogP contribution in [0.4, 0.5) is 5.00 Å². The first-order valence-corrected chi connectivity index (χ1v) is 6.63. The van der Waals surface area contributed by atoms with Crippen molar-refractivity contribution in [3.8, 4) is 0 Å². The van der Waals surface area contributed by atoms with Gasteiger partial charge in [-0.3, -0.25) is 14.9 Å². The summed E-state index contributed by atoms with van der Waals surface area (Å²) in [4.78, 5) is 27.4. The summed E-state index contributed by atoms with van der Waals surface area (Å²) in [6.45, 7) is 2.20. The number of thiophene rings is 1. The number of aliphatic imine (C=N–C) groups is 1. The van der Waals surface area contributed by atoms with Gasteiger partial charge in [0.15, 0.2) is 0 Å². The quantitative estimate of drug-likeness (QED) is 0.273. The Balaban J connectivity index is 2.07. The third-order valence-electron chi connectivity index (χ3n) is 2.45. The Morgan fingerprint density at radius 3 is 2.74 bits per heavy atom. The van der Waals surface area contributed by atoms with Gasteiger partial charge in [-0.1, -0.05) is 11.3 Å². The fourth-order valence-electron chi connectivity index (χ4n) is 1.50. The van der Waals surface area contributed by atoms with Crippen molar-refractivity contribution in [2.24, 2.45) is 4.99 Å². The number of ether oxygens (including phenoxy) is 1. The average Bonchev–Trinajstić information content (AvgIpc) is 2.89. The molecule has 1 aromatic rings. The summed E-state index contributed by atoms with van der Waals surface area (Å²) < 4.78 is 5.16. The van der Waals surface area contributed by atoms with E-state index in [-0.39, 0.29) is 15.2 Å². The van der Waals surface area contributed by atoms with Crippen LogP contribution in [0.1, 0.15) is 9.67 Å². The Morgan fingerprint density at radius 1 is 1.47 bits per heavy atom. The molecule has 19 heavy (non-hydrogen) atoms. The van der Waals surface area contributed by atoms with Crippen LogP contribution in [0.25, 0.3) is 0 Å². The summed E-state index contributed by atoms with van der Waals surface area (Å²) in [5.41, 5.74) is 0. The summed E-state index contributed by atoms with van der Waals surface area (Å²) in [5, 5.41) is 10.5. The van der Waals surface area contributed by atoms with Crippen LogP contribution in [0, 0.1) is 10.1 Å². The van der Waals surface area contributed by atoms with Crippen molar-refractivity contribution >= 4 is 39.1 Å². The predicted octanol–water partition coefficient (Wildman–Crippen LogP) is 1.72. The molecule has 0 aromatic carbocycles. The summed E-state index contributed by atoms with van der Waals surface area (Å²) in [7, 11) is 0. The van der Waals surface area contributed by atoms with E-state index in [0.717, 1.165) is 11.3 Å². The highest BCUT2D eigenvalue weighted by atomic mass is 35.5. The van der Waals surface area contributed by atoms with Gasteiger partial charge in [-0.25, -0.2) is 0 Å². The first-order chi connectivity index (χ1) is 9.08. The normalized spacial score (nSPS) is 16.5. The lowest BCUT2D eigenvalue weighted by Gasteiger charge is -2.26. The van der Waals surface area contributed by atoms with Crippen LogP contribution in [-0.2, 0) is 4.74 Å². The molecule has 0 radical (unpaired) electrons. The van der Waals surface area contributed by atoms with E-state index in [4.69, 9.17) is 16.3 Å². The Bertz CT molecular complexity index is 525. The predicted molar refractivity (Wildman–Crippen MR) is 71.0 cm³/mol. The van der Waals surface area contributed by atoms with Crippen molar-refractivity contribution < 1.29 is 14.5 Å². The van der Waals surface area contributed by atoms with Crippen LogP contribution in [0.15, 0.2) is 17.1 Å². The molecule has 102 valence electrons. The minimum Gasteiger partial charge on any atom is -0.378 e. The zero-order chi connectivity index (χ0) is 13.8. The Kier molecular flexibility index (Phi) is 4.46. The molecule has 0 spiro atoms. The molecule has 2 heterocycles. The third kappa shape index (κ3) is 3.49. The van der Waals surface area contributed by atoms with Crippen molar-refractivity contribution in [2.75, 3.05) is 26.3 Å². The van der Waals surface area contributed by atoms with E-state index in [1.807, 2.05) is 0 Å². The highest BCUT2D eigenvalue weighted by molar-refractivity contribution is 7.17. The van der Waals surface area contributed by atoms with Crippen LogP contribution >= 0.6 is 22.9 Å². The molecule has 1 saturated heterocycles. The van der Waals surface area contributed by atoms with Crippen molar-refractivity contribution in [3.63, 3.8) is 0 Å². The second-order valence-corrected chi connectivity index (χ2v) is 5.08. The van der Waals surface area contributed by atoms with Crippen LogP contribution in [-0.4, -0.2) is 47.3 Å². The number of rotatable bonds is 2. The van der Waals surface area contributed by atoms with Gasteiger partial charge >= 0.3 is 5.00 Å². The number of carbonyl (C=O) groups is 1. The molecular formula is C10H10ClN3O4S. The summed E-state index contributed by atoms with van der Waals surface area (Å²) >= 11 is 6.72. The van der Waals surface area contributed by atoms with Crippen LogP contribution in [0.2, 0.25) is 0 Å². The topological polar surface area (TPSA) is 85.0 Å². The summed E-state index contributed by atoms with van der Waals surface area (Å²) in [5.74, 6) is -0.574. The molecule has 0 bridgehead atoms. The van der Waals surface area contributed by atoms with Gasteiger partial charge in [-0.05, 0) is 17.7 Å². The molecule has 1 aromatic heterocycles. The number of amidine groups is 1. The molecule has 0 unspecified atom stereocenters. The molecule has 2 rings (SSSR count). The third-order valence-corrected chi connectivity index (χ3v) is 3.80. The van der Waals surface area contributed by atoms with Crippen LogP contribution in [0.3, 0.4) is 0 Å². The summed E-state index contributed by atoms with van der Waals surface area (Å²) in [6, 6.07) is 2.65. The van der Waals surface area contributed by atoms with Gasteiger partial charge in [0.25, 0.3) is 5.91 Å². The van der Waals surface area contributed by atoms with Gasteiger partial charge in [0.1, 0.15) is 4.88 Å². The molecule has 1 fully saturated rings. The van der Waals surface area contributed by atoms with Gasteiger partial charge in [-0.2, -0.15) is 4.99 Å². The molecule has 0 aliphatic carbocycles. The van der Waals surface area contributed by atoms with Crippen molar-refractivity contribution in [1.82, 2.24) is 4.90 Å². The molecular weight excluding hydrogens is 294 g/mol. The van der Waals surface area contributed by atoms with Crippen LogP contribution in [0.5, 0.6) is 0 Å². The standard InChI is InChI=1S/C10H10ClN3O4S/c11-10(13-3-5-18-6-4-13)12-9(15)7-1-2-8(19-7)14(16)17/h1-2H,3-6H2. The zero-order valence-electron chi connectivity index (χ0n) is 9.74. The van der Waals surface area contributed by atoms with Gasteiger partial charge in [0, 0.05) is 19.2 Å². The lowest BCUT2D eigenvalue weighted by Crippen LogP contribution is -2.38. The maximum atomic E-state index is 11.8. The monoisotopic (exact) mass is 303 g/mol. The van der Waals surface area contributed by atoms with Crippen molar-refractivity contribution in [1.29, 1.82) is 0 Å². The molecule has 1 aliphatic heterocycles. The average molecular weight is 304 g/mol. The Labute approximate surface area is 117 Å². The largest absolute Gasteiger partial charge is 0.378 e. The molecule has 0 N–H and O–H groups in total. The first-order valence-electron chi connectivity index (χ1n) is 5.43. The van der Waals surface area contributed by atoms with Crippen molar-refractivity contribution in [2.45, 2.75) is 0 Å².